The van der Waals surface area contributed by atoms with Gasteiger partial charge in [-0.15, -0.1) is 0 Å². The fraction of sp³-hybridized carbons (Fsp3) is 0.887. The topological polar surface area (TPSA) is 184 Å². The summed E-state index contributed by atoms with van der Waals surface area (Å²) >= 11 is 0. The Morgan fingerprint density at radius 2 is 1.00 bits per heavy atom. The van der Waals surface area contributed by atoms with Crippen molar-refractivity contribution < 1.29 is 62.1 Å². The van der Waals surface area contributed by atoms with E-state index in [4.69, 9.17) is 47.7 Å². The van der Waals surface area contributed by atoms with E-state index in [0.717, 1.165) is 90.3 Å². The summed E-state index contributed by atoms with van der Waals surface area (Å²) in [5, 5.41) is 7.00. The molecule has 0 aromatic rings. The summed E-state index contributed by atoms with van der Waals surface area (Å²) in [5.41, 5.74) is 1.44. The van der Waals surface area contributed by atoms with Crippen LogP contribution in [0.1, 0.15) is 153 Å². The maximum absolute atomic E-state index is 12.3. The summed E-state index contributed by atoms with van der Waals surface area (Å²) in [6.45, 7) is 22.3. The van der Waals surface area contributed by atoms with E-state index < -0.39 is 0 Å². The van der Waals surface area contributed by atoms with Gasteiger partial charge in [-0.05, 0) is 134 Å². The standard InChI is InChI=1S/2C20H35NO4.C20H31NO4.CH4O.CH4/c3*1-13(2)7-8-15-19(3,25-15)18-17(23-6)14(11-16(22)21(4)5)9-10-20(18)12-24-20;1-2;/h2*13-15,17-18H,7-12H2,1-6H3;7,11,15,17-18H,8-10,12H2,1-6H3;2H,1H3;1H4/t2*14?,15-,17-,18-,19+,20+;15-,17-,18-,19+,20+;;/m111../s1. The predicted octanol–water partition coefficient (Wildman–Crippen LogP) is 8.69. The second kappa shape index (κ2) is 26.4. The molecule has 9 rings (SSSR count). The first-order valence-electron chi connectivity index (χ1n) is 29.1. The first-order valence-corrected chi connectivity index (χ1v) is 29.1. The summed E-state index contributed by atoms with van der Waals surface area (Å²) in [7, 11) is 17.1. The number of ether oxygens (including phenoxy) is 9. The Balaban J connectivity index is 0.000000211. The average molecular weight is 1100 g/mol. The van der Waals surface area contributed by atoms with E-state index in [-0.39, 0.29) is 113 Å². The summed E-state index contributed by atoms with van der Waals surface area (Å²) in [5.74, 6) is 2.78. The number of hydrogen-bond acceptors (Lipinski definition) is 13. The minimum atomic E-state index is -0.260. The van der Waals surface area contributed by atoms with Crippen molar-refractivity contribution in [2.45, 2.75) is 223 Å². The average Bonchev–Trinajstić information content (AvgIpc) is 4.11. The quantitative estimate of drug-likeness (QED) is 0.0737. The minimum absolute atomic E-state index is 0. The lowest BCUT2D eigenvalue weighted by Gasteiger charge is -2.43. The first-order chi connectivity index (χ1) is 36.2. The number of likely N-dealkylation sites (N-methyl/N-ethyl adjacent to an activating group) is 1. The van der Waals surface area contributed by atoms with Crippen LogP contribution in [0.15, 0.2) is 23.3 Å². The molecule has 3 spiro atoms. The van der Waals surface area contributed by atoms with Crippen LogP contribution < -0.4 is 0 Å². The molecule has 16 heteroatoms. The highest BCUT2D eigenvalue weighted by atomic mass is 16.6. The van der Waals surface area contributed by atoms with Crippen LogP contribution in [0.25, 0.3) is 0 Å². The van der Waals surface area contributed by atoms with Crippen LogP contribution in [0, 0.1) is 41.4 Å². The molecule has 3 amide bonds. The van der Waals surface area contributed by atoms with Gasteiger partial charge in [0, 0.05) is 101 Å². The molecule has 3 aliphatic carbocycles. The van der Waals surface area contributed by atoms with Crippen molar-refractivity contribution in [3.8, 4) is 0 Å². The second-order valence-corrected chi connectivity index (χ2v) is 26.4. The highest BCUT2D eigenvalue weighted by Crippen LogP contribution is 2.63. The van der Waals surface area contributed by atoms with Gasteiger partial charge in [-0.1, -0.05) is 46.8 Å². The number of amides is 3. The van der Waals surface area contributed by atoms with Gasteiger partial charge >= 0.3 is 0 Å². The molecule has 17 atom stereocenters. The first kappa shape index (κ1) is 66.3. The fourth-order valence-electron chi connectivity index (χ4n) is 14.1. The zero-order chi connectivity index (χ0) is 57.2. The number of rotatable bonds is 19. The molecule has 6 aliphatic heterocycles. The van der Waals surface area contributed by atoms with Crippen molar-refractivity contribution in [2.24, 2.45) is 41.4 Å². The fourth-order valence-corrected chi connectivity index (χ4v) is 14.1. The molecule has 0 aromatic heterocycles. The van der Waals surface area contributed by atoms with Crippen LogP contribution in [-0.2, 0) is 57.0 Å². The van der Waals surface area contributed by atoms with Gasteiger partial charge in [0.15, 0.2) is 0 Å². The summed E-state index contributed by atoms with van der Waals surface area (Å²) in [6, 6.07) is 0. The minimum Gasteiger partial charge on any atom is -0.400 e. The molecule has 0 bridgehead atoms. The maximum atomic E-state index is 12.3. The summed E-state index contributed by atoms with van der Waals surface area (Å²) < 4.78 is 54.4. The van der Waals surface area contributed by atoms with Crippen molar-refractivity contribution in [3.63, 3.8) is 0 Å². The Labute approximate surface area is 471 Å². The van der Waals surface area contributed by atoms with Crippen LogP contribution >= 0.6 is 0 Å². The van der Waals surface area contributed by atoms with Gasteiger partial charge in [0.1, 0.15) is 22.4 Å². The number of aliphatic hydroxyl groups excluding tert-OH is 1. The van der Waals surface area contributed by atoms with E-state index in [1.54, 1.807) is 56.2 Å². The van der Waals surface area contributed by atoms with Gasteiger partial charge in [0.2, 0.25) is 17.7 Å². The van der Waals surface area contributed by atoms with Crippen molar-refractivity contribution >= 4 is 17.7 Å². The van der Waals surface area contributed by atoms with Crippen LogP contribution in [0.2, 0.25) is 0 Å². The molecule has 1 N–H and O–H groups in total. The van der Waals surface area contributed by atoms with E-state index in [2.05, 4.69) is 68.4 Å². The summed E-state index contributed by atoms with van der Waals surface area (Å²) in [6.07, 6.45) is 17.0. The number of hydrogen-bond donors (Lipinski definition) is 1. The SMILES string of the molecule is C.CO.CO[C@@H]1C(=CC(=O)N(C)C)CC[C@]2(CO2)[C@H]1[C@@]1(C)O[C@@H]1CC=C(C)C.CO[C@@H]1C(CC(=O)N(C)C)CC[C@]2(CO2)[C@H]1[C@@]1(C)O[C@@H]1CCC(C)C.CO[C@@H]1C(CC(=O)N(C)C)CC[C@]2(CO2)[C@H]1[C@@]1(C)O[C@@H]1CCC(C)C. The lowest BCUT2D eigenvalue weighted by atomic mass is 9.64. The van der Waals surface area contributed by atoms with Crippen molar-refractivity contribution in [2.75, 3.05) is 90.5 Å². The number of carbonyl (C=O) groups excluding carboxylic acids is 3. The van der Waals surface area contributed by atoms with Gasteiger partial charge in [0.25, 0.3) is 0 Å². The zero-order valence-electron chi connectivity index (χ0n) is 51.2. The van der Waals surface area contributed by atoms with Gasteiger partial charge in [-0.25, -0.2) is 0 Å². The molecule has 16 nitrogen and oxygen atoms in total. The van der Waals surface area contributed by atoms with Crippen LogP contribution in [0.5, 0.6) is 0 Å². The lowest BCUT2D eigenvalue weighted by molar-refractivity contribution is -0.135. The molecule has 9 fully saturated rings. The Morgan fingerprint density at radius 3 is 1.33 bits per heavy atom. The van der Waals surface area contributed by atoms with E-state index >= 15 is 0 Å². The normalized spacial score (nSPS) is 40.5. The number of nitrogens with zero attached hydrogens (tertiary/aromatic N) is 3. The molecule has 0 radical (unpaired) electrons. The molecule has 6 saturated heterocycles. The van der Waals surface area contributed by atoms with E-state index in [1.807, 2.05) is 28.2 Å². The third kappa shape index (κ3) is 14.6. The number of carbonyl (C=O) groups is 3. The molecular formula is C62H109N3O13. The smallest absolute Gasteiger partial charge is 0.246 e. The Bertz CT molecular complexity index is 1970. The third-order valence-corrected chi connectivity index (χ3v) is 19.2. The largest absolute Gasteiger partial charge is 0.400 e. The number of epoxide rings is 6. The van der Waals surface area contributed by atoms with Crippen molar-refractivity contribution in [1.29, 1.82) is 0 Å². The van der Waals surface area contributed by atoms with E-state index in [9.17, 15) is 14.4 Å². The highest BCUT2D eigenvalue weighted by Gasteiger charge is 2.74. The maximum Gasteiger partial charge on any atom is 0.246 e. The Kier molecular flexibility index (Phi) is 22.4. The third-order valence-electron chi connectivity index (χ3n) is 19.2. The second-order valence-electron chi connectivity index (χ2n) is 26.4. The monoisotopic (exact) mass is 1100 g/mol. The molecular weight excluding hydrogens is 995 g/mol. The highest BCUT2D eigenvalue weighted by molar-refractivity contribution is 5.88. The molecule has 3 saturated carbocycles. The number of allylic oxidation sites excluding steroid dienone is 1. The molecule has 6 heterocycles. The number of aliphatic hydroxyl groups is 1. The zero-order valence-corrected chi connectivity index (χ0v) is 51.2. The van der Waals surface area contributed by atoms with Crippen LogP contribution in [0.3, 0.4) is 0 Å². The molecule has 0 aromatic carbocycles. The van der Waals surface area contributed by atoms with Crippen LogP contribution in [-0.4, -0.2) is 198 Å². The number of methoxy groups -OCH3 is 3. The Hall–Kier alpha value is -2.51. The molecule has 2 unspecified atom stereocenters. The van der Waals surface area contributed by atoms with Gasteiger partial charge < -0.3 is 62.4 Å². The lowest BCUT2D eigenvalue weighted by Crippen LogP contribution is -2.53. The molecule has 9 aliphatic rings. The van der Waals surface area contributed by atoms with Gasteiger partial charge in [0.05, 0.1) is 73.6 Å². The van der Waals surface area contributed by atoms with Crippen LogP contribution in [0.4, 0.5) is 0 Å². The van der Waals surface area contributed by atoms with E-state index in [0.29, 0.717) is 36.9 Å². The van der Waals surface area contributed by atoms with Crippen molar-refractivity contribution in [1.82, 2.24) is 14.7 Å². The predicted molar refractivity (Wildman–Crippen MR) is 304 cm³/mol. The van der Waals surface area contributed by atoms with E-state index in [1.165, 1.54) is 18.4 Å². The molecule has 78 heavy (non-hydrogen) atoms. The van der Waals surface area contributed by atoms with Crippen molar-refractivity contribution in [3.05, 3.63) is 23.3 Å². The Morgan fingerprint density at radius 1 is 0.615 bits per heavy atom. The summed E-state index contributed by atoms with van der Waals surface area (Å²) in [4.78, 5) is 41.7. The van der Waals surface area contributed by atoms with Gasteiger partial charge in [-0.2, -0.15) is 0 Å². The molecule has 450 valence electrons. The van der Waals surface area contributed by atoms with Gasteiger partial charge in [-0.3, -0.25) is 14.4 Å².